The van der Waals surface area contributed by atoms with Crippen LogP contribution >= 0.6 is 0 Å². The number of H-pyrrole nitrogens is 1. The summed E-state index contributed by atoms with van der Waals surface area (Å²) in [6, 6.07) is 1.97. The second-order valence-electron chi connectivity index (χ2n) is 3.89. The molecule has 3 heteroatoms. The maximum atomic E-state index is 9.71. The van der Waals surface area contributed by atoms with Gasteiger partial charge in [-0.1, -0.05) is 13.8 Å². The van der Waals surface area contributed by atoms with Crippen molar-refractivity contribution in [3.8, 4) is 0 Å². The molecule has 1 fully saturated rings. The minimum Gasteiger partial charge on any atom is -0.383 e. The van der Waals surface area contributed by atoms with Gasteiger partial charge in [0.2, 0.25) is 0 Å². The monoisotopic (exact) mass is 166 g/mol. The van der Waals surface area contributed by atoms with E-state index in [4.69, 9.17) is 0 Å². The van der Waals surface area contributed by atoms with Gasteiger partial charge in [-0.05, 0) is 24.8 Å². The molecule has 3 nitrogen and oxygen atoms in total. The van der Waals surface area contributed by atoms with E-state index >= 15 is 0 Å². The van der Waals surface area contributed by atoms with Crippen LogP contribution in [0.3, 0.4) is 0 Å². The fourth-order valence-corrected chi connectivity index (χ4v) is 1.25. The van der Waals surface area contributed by atoms with Gasteiger partial charge in [0.25, 0.3) is 0 Å². The fourth-order valence-electron chi connectivity index (χ4n) is 1.25. The molecule has 0 saturated heterocycles. The SMILES string of the molecule is CC(C)c1cc(C2(O)CC2)n[nH]1. The van der Waals surface area contributed by atoms with E-state index in [0.717, 1.165) is 24.2 Å². The van der Waals surface area contributed by atoms with Gasteiger partial charge in [0.1, 0.15) is 5.60 Å². The molecule has 0 radical (unpaired) electrons. The van der Waals surface area contributed by atoms with Crippen LogP contribution in [0.5, 0.6) is 0 Å². The van der Waals surface area contributed by atoms with Crippen LogP contribution < -0.4 is 0 Å². The average molecular weight is 166 g/mol. The van der Waals surface area contributed by atoms with E-state index < -0.39 is 5.60 Å². The van der Waals surface area contributed by atoms with E-state index in [0.29, 0.717) is 5.92 Å². The Bertz CT molecular complexity index is 286. The van der Waals surface area contributed by atoms with Crippen LogP contribution in [0.15, 0.2) is 6.07 Å². The molecule has 0 bridgehead atoms. The number of rotatable bonds is 2. The van der Waals surface area contributed by atoms with E-state index in [1.54, 1.807) is 0 Å². The van der Waals surface area contributed by atoms with Crippen LogP contribution in [0.25, 0.3) is 0 Å². The van der Waals surface area contributed by atoms with Gasteiger partial charge in [0.05, 0.1) is 5.69 Å². The van der Waals surface area contributed by atoms with Crippen molar-refractivity contribution in [3.63, 3.8) is 0 Å². The van der Waals surface area contributed by atoms with Gasteiger partial charge >= 0.3 is 0 Å². The second-order valence-corrected chi connectivity index (χ2v) is 3.89. The molecular weight excluding hydrogens is 152 g/mol. The molecule has 66 valence electrons. The molecule has 1 heterocycles. The van der Waals surface area contributed by atoms with E-state index in [9.17, 15) is 5.11 Å². The average Bonchev–Trinajstić information content (AvgIpc) is 2.61. The van der Waals surface area contributed by atoms with Crippen molar-refractivity contribution >= 4 is 0 Å². The van der Waals surface area contributed by atoms with Crippen LogP contribution in [-0.2, 0) is 5.60 Å². The van der Waals surface area contributed by atoms with Gasteiger partial charge in [-0.25, -0.2) is 0 Å². The highest BCUT2D eigenvalue weighted by molar-refractivity contribution is 5.22. The van der Waals surface area contributed by atoms with Gasteiger partial charge in [-0.2, -0.15) is 5.10 Å². The van der Waals surface area contributed by atoms with E-state index in [2.05, 4.69) is 24.0 Å². The van der Waals surface area contributed by atoms with E-state index in [1.807, 2.05) is 6.07 Å². The van der Waals surface area contributed by atoms with Crippen LogP contribution in [0, 0.1) is 0 Å². The molecule has 0 aliphatic heterocycles. The lowest BCUT2D eigenvalue weighted by Crippen LogP contribution is -2.03. The number of aromatic amines is 1. The molecule has 0 aromatic carbocycles. The van der Waals surface area contributed by atoms with Gasteiger partial charge in [-0.15, -0.1) is 0 Å². The molecule has 2 rings (SSSR count). The Morgan fingerprint density at radius 3 is 2.67 bits per heavy atom. The van der Waals surface area contributed by atoms with Crippen molar-refractivity contribution in [2.24, 2.45) is 0 Å². The third-order valence-corrected chi connectivity index (χ3v) is 2.42. The predicted molar refractivity (Wildman–Crippen MR) is 45.8 cm³/mol. The molecule has 0 atom stereocenters. The minimum atomic E-state index is -0.594. The van der Waals surface area contributed by atoms with Crippen LogP contribution in [-0.4, -0.2) is 15.3 Å². The standard InChI is InChI=1S/C9H14N2O/c1-6(2)7-5-8(11-10-7)9(12)3-4-9/h5-6,12H,3-4H2,1-2H3,(H,10,11). The summed E-state index contributed by atoms with van der Waals surface area (Å²) in [6.45, 7) is 4.21. The lowest BCUT2D eigenvalue weighted by molar-refractivity contribution is 0.146. The van der Waals surface area contributed by atoms with Crippen molar-refractivity contribution in [2.75, 3.05) is 0 Å². The first-order valence-corrected chi connectivity index (χ1v) is 4.40. The van der Waals surface area contributed by atoms with Crippen LogP contribution in [0.4, 0.5) is 0 Å². The van der Waals surface area contributed by atoms with Gasteiger partial charge in [0, 0.05) is 5.69 Å². The smallest absolute Gasteiger partial charge is 0.109 e. The van der Waals surface area contributed by atoms with Crippen molar-refractivity contribution in [3.05, 3.63) is 17.5 Å². The normalized spacial score (nSPS) is 20.0. The molecular formula is C9H14N2O. The lowest BCUT2D eigenvalue weighted by Gasteiger charge is -2.00. The molecule has 0 spiro atoms. The number of hydrogen-bond acceptors (Lipinski definition) is 2. The molecule has 1 aromatic heterocycles. The first kappa shape index (κ1) is 7.80. The number of aliphatic hydroxyl groups is 1. The van der Waals surface area contributed by atoms with Crippen molar-refractivity contribution in [2.45, 2.75) is 38.2 Å². The number of hydrogen-bond donors (Lipinski definition) is 2. The Balaban J connectivity index is 2.25. The Hall–Kier alpha value is -0.830. The topological polar surface area (TPSA) is 48.9 Å². The summed E-state index contributed by atoms with van der Waals surface area (Å²) in [5, 5.41) is 16.8. The van der Waals surface area contributed by atoms with Gasteiger partial charge < -0.3 is 5.11 Å². The molecule has 1 aromatic rings. The quantitative estimate of drug-likeness (QED) is 0.699. The summed E-state index contributed by atoms with van der Waals surface area (Å²) >= 11 is 0. The van der Waals surface area contributed by atoms with Crippen LogP contribution in [0.1, 0.15) is 44.0 Å². The Kier molecular flexibility index (Phi) is 1.51. The summed E-state index contributed by atoms with van der Waals surface area (Å²) in [5.74, 6) is 0.452. The highest BCUT2D eigenvalue weighted by Crippen LogP contribution is 2.44. The fraction of sp³-hybridized carbons (Fsp3) is 0.667. The van der Waals surface area contributed by atoms with Gasteiger partial charge in [-0.3, -0.25) is 5.10 Å². The zero-order chi connectivity index (χ0) is 8.77. The third-order valence-electron chi connectivity index (χ3n) is 2.42. The Labute approximate surface area is 71.8 Å². The first-order chi connectivity index (χ1) is 5.62. The first-order valence-electron chi connectivity index (χ1n) is 4.40. The lowest BCUT2D eigenvalue weighted by atomic mass is 10.1. The Morgan fingerprint density at radius 2 is 2.25 bits per heavy atom. The number of aromatic nitrogens is 2. The zero-order valence-corrected chi connectivity index (χ0v) is 7.46. The molecule has 2 N–H and O–H groups in total. The highest BCUT2D eigenvalue weighted by Gasteiger charge is 2.44. The summed E-state index contributed by atoms with van der Waals surface area (Å²) in [4.78, 5) is 0. The molecule has 0 unspecified atom stereocenters. The van der Waals surface area contributed by atoms with E-state index in [1.165, 1.54) is 0 Å². The van der Waals surface area contributed by atoms with Gasteiger partial charge in [0.15, 0.2) is 0 Å². The largest absolute Gasteiger partial charge is 0.383 e. The highest BCUT2D eigenvalue weighted by atomic mass is 16.3. The molecule has 12 heavy (non-hydrogen) atoms. The Morgan fingerprint density at radius 1 is 1.58 bits per heavy atom. The molecule has 1 aliphatic rings. The van der Waals surface area contributed by atoms with Crippen molar-refractivity contribution in [1.82, 2.24) is 10.2 Å². The van der Waals surface area contributed by atoms with E-state index in [-0.39, 0.29) is 0 Å². The van der Waals surface area contributed by atoms with Crippen molar-refractivity contribution < 1.29 is 5.11 Å². The minimum absolute atomic E-state index is 0.452. The maximum absolute atomic E-state index is 9.71. The number of nitrogens with one attached hydrogen (secondary N) is 1. The summed E-state index contributed by atoms with van der Waals surface area (Å²) in [7, 11) is 0. The summed E-state index contributed by atoms with van der Waals surface area (Å²) in [5.41, 5.74) is 1.32. The third kappa shape index (κ3) is 1.14. The second kappa shape index (κ2) is 2.33. The summed E-state index contributed by atoms with van der Waals surface area (Å²) in [6.07, 6.45) is 1.71. The van der Waals surface area contributed by atoms with Crippen molar-refractivity contribution in [1.29, 1.82) is 0 Å². The predicted octanol–water partition coefficient (Wildman–Crippen LogP) is 1.51. The maximum Gasteiger partial charge on any atom is 0.109 e. The molecule has 0 amide bonds. The number of nitrogens with zero attached hydrogens (tertiary/aromatic N) is 1. The zero-order valence-electron chi connectivity index (χ0n) is 7.46. The molecule has 1 aliphatic carbocycles. The molecule has 1 saturated carbocycles. The summed E-state index contributed by atoms with van der Waals surface area (Å²) < 4.78 is 0. The van der Waals surface area contributed by atoms with Crippen LogP contribution in [0.2, 0.25) is 0 Å².